The zero-order valence-electron chi connectivity index (χ0n) is 23.6. The number of aliphatic hydroxyl groups is 1. The van der Waals surface area contributed by atoms with Crippen LogP contribution in [-0.2, 0) is 11.3 Å². The monoisotopic (exact) mass is 589 g/mol. The quantitative estimate of drug-likeness (QED) is 0.175. The van der Waals surface area contributed by atoms with Gasteiger partial charge in [0.1, 0.15) is 17.3 Å². The van der Waals surface area contributed by atoms with Crippen LogP contribution in [0.3, 0.4) is 0 Å². The SMILES string of the molecule is Cc1nc(-c2ccc(Cl)cc2)nn1CCC(C)(C)NC[C@H](O)c1cc(OC(=O)c2ccccc2)cc2c1OCC(=O)N2. The van der Waals surface area contributed by atoms with E-state index in [1.54, 1.807) is 36.4 Å². The molecule has 5 rings (SSSR count). The maximum atomic E-state index is 12.7. The van der Waals surface area contributed by atoms with Gasteiger partial charge in [-0.3, -0.25) is 4.79 Å². The van der Waals surface area contributed by atoms with E-state index >= 15 is 0 Å². The molecule has 218 valence electrons. The highest BCUT2D eigenvalue weighted by molar-refractivity contribution is 6.30. The first-order valence-corrected chi connectivity index (χ1v) is 13.9. The maximum absolute atomic E-state index is 12.7. The van der Waals surface area contributed by atoms with Crippen LogP contribution in [0.15, 0.2) is 66.7 Å². The molecule has 0 spiro atoms. The van der Waals surface area contributed by atoms with Gasteiger partial charge in [0, 0.05) is 40.8 Å². The molecular formula is C31H32ClN5O5. The van der Waals surface area contributed by atoms with E-state index < -0.39 is 12.1 Å². The summed E-state index contributed by atoms with van der Waals surface area (Å²) in [7, 11) is 0. The number of benzene rings is 3. The number of ether oxygens (including phenoxy) is 2. The highest BCUT2D eigenvalue weighted by Gasteiger charge is 2.27. The molecule has 0 saturated carbocycles. The van der Waals surface area contributed by atoms with Crippen LogP contribution in [0.2, 0.25) is 5.02 Å². The normalized spacial score (nSPS) is 13.6. The molecule has 3 N–H and O–H groups in total. The number of carbonyl (C=O) groups is 2. The fourth-order valence-corrected chi connectivity index (χ4v) is 4.68. The lowest BCUT2D eigenvalue weighted by Gasteiger charge is -2.29. The van der Waals surface area contributed by atoms with E-state index in [-0.39, 0.29) is 30.3 Å². The Morgan fingerprint density at radius 2 is 1.93 bits per heavy atom. The Morgan fingerprint density at radius 3 is 2.67 bits per heavy atom. The van der Waals surface area contributed by atoms with Gasteiger partial charge in [-0.2, -0.15) is 5.10 Å². The van der Waals surface area contributed by atoms with Gasteiger partial charge in [-0.25, -0.2) is 14.5 Å². The summed E-state index contributed by atoms with van der Waals surface area (Å²) >= 11 is 6.00. The van der Waals surface area contributed by atoms with E-state index in [9.17, 15) is 14.7 Å². The van der Waals surface area contributed by atoms with Crippen LogP contribution in [0.5, 0.6) is 11.5 Å². The number of aromatic nitrogens is 3. The maximum Gasteiger partial charge on any atom is 0.343 e. The molecule has 0 bridgehead atoms. The summed E-state index contributed by atoms with van der Waals surface area (Å²) in [5.41, 5.74) is 1.61. The summed E-state index contributed by atoms with van der Waals surface area (Å²) < 4.78 is 13.1. The van der Waals surface area contributed by atoms with Crippen molar-refractivity contribution in [3.8, 4) is 22.9 Å². The number of carbonyl (C=O) groups excluding carboxylic acids is 2. The number of amides is 1. The highest BCUT2D eigenvalue weighted by atomic mass is 35.5. The van der Waals surface area contributed by atoms with Gasteiger partial charge >= 0.3 is 5.97 Å². The topological polar surface area (TPSA) is 128 Å². The Labute approximate surface area is 248 Å². The Kier molecular flexibility index (Phi) is 8.58. The fraction of sp³-hybridized carbons (Fsp3) is 0.290. The van der Waals surface area contributed by atoms with E-state index in [2.05, 4.69) is 20.7 Å². The van der Waals surface area contributed by atoms with Crippen molar-refractivity contribution in [1.82, 2.24) is 20.1 Å². The van der Waals surface area contributed by atoms with E-state index in [0.717, 1.165) is 11.4 Å². The molecule has 4 aromatic rings. The molecule has 1 amide bonds. The van der Waals surface area contributed by atoms with Crippen molar-refractivity contribution in [2.45, 2.75) is 45.4 Å². The lowest BCUT2D eigenvalue weighted by atomic mass is 9.99. The number of rotatable bonds is 10. The number of hydrogen-bond donors (Lipinski definition) is 3. The van der Waals surface area contributed by atoms with Gasteiger partial charge in [0.05, 0.1) is 17.4 Å². The van der Waals surface area contributed by atoms with Crippen LogP contribution in [0.4, 0.5) is 5.69 Å². The molecule has 0 fully saturated rings. The number of nitrogens with zero attached hydrogens (tertiary/aromatic N) is 3. The second kappa shape index (κ2) is 12.3. The minimum absolute atomic E-state index is 0.177. The number of fused-ring (bicyclic) bond motifs is 1. The van der Waals surface area contributed by atoms with Crippen molar-refractivity contribution in [2.75, 3.05) is 18.5 Å². The molecule has 0 unspecified atom stereocenters. The molecule has 3 aromatic carbocycles. The fourth-order valence-electron chi connectivity index (χ4n) is 4.56. The second-order valence-corrected chi connectivity index (χ2v) is 11.2. The lowest BCUT2D eigenvalue weighted by molar-refractivity contribution is -0.118. The summed E-state index contributed by atoms with van der Waals surface area (Å²) in [6.07, 6.45) is -0.323. The van der Waals surface area contributed by atoms with Gasteiger partial charge < -0.3 is 25.2 Å². The van der Waals surface area contributed by atoms with Gasteiger partial charge in [-0.05, 0) is 69.7 Å². The molecule has 2 heterocycles. The largest absolute Gasteiger partial charge is 0.481 e. The first-order chi connectivity index (χ1) is 20.1. The third-order valence-electron chi connectivity index (χ3n) is 6.97. The Morgan fingerprint density at radius 1 is 1.19 bits per heavy atom. The number of esters is 1. The Balaban J connectivity index is 1.26. The molecule has 0 saturated heterocycles. The van der Waals surface area contributed by atoms with Crippen molar-refractivity contribution in [2.24, 2.45) is 0 Å². The van der Waals surface area contributed by atoms with E-state index in [1.807, 2.05) is 49.7 Å². The molecule has 0 aliphatic carbocycles. The summed E-state index contributed by atoms with van der Waals surface area (Å²) in [5, 5.41) is 22.7. The summed E-state index contributed by atoms with van der Waals surface area (Å²) in [4.78, 5) is 29.2. The highest BCUT2D eigenvalue weighted by Crippen LogP contribution is 2.39. The summed E-state index contributed by atoms with van der Waals surface area (Å²) in [6.45, 7) is 6.60. The van der Waals surface area contributed by atoms with E-state index in [0.29, 0.717) is 46.4 Å². The first kappa shape index (κ1) is 29.2. The third kappa shape index (κ3) is 6.96. The van der Waals surface area contributed by atoms with Crippen molar-refractivity contribution < 1.29 is 24.2 Å². The van der Waals surface area contributed by atoms with Crippen LogP contribution in [-0.4, -0.2) is 50.4 Å². The number of aryl methyl sites for hydroxylation is 2. The van der Waals surface area contributed by atoms with Crippen LogP contribution in [0.25, 0.3) is 11.4 Å². The van der Waals surface area contributed by atoms with Gasteiger partial charge in [-0.1, -0.05) is 29.8 Å². The predicted octanol–water partition coefficient (Wildman–Crippen LogP) is 4.95. The van der Waals surface area contributed by atoms with E-state index in [1.165, 1.54) is 6.07 Å². The molecule has 0 radical (unpaired) electrons. The summed E-state index contributed by atoms with van der Waals surface area (Å²) in [5.74, 6) is 1.06. The molecule has 42 heavy (non-hydrogen) atoms. The smallest absolute Gasteiger partial charge is 0.343 e. The number of nitrogens with one attached hydrogen (secondary N) is 2. The molecule has 10 nitrogen and oxygen atoms in total. The third-order valence-corrected chi connectivity index (χ3v) is 7.23. The number of β-amino-alcohol motifs (C(OH)–C–C–N with tert-alkyl or cyclic N) is 1. The van der Waals surface area contributed by atoms with Gasteiger partial charge in [0.2, 0.25) is 0 Å². The second-order valence-electron chi connectivity index (χ2n) is 10.7. The standard InChI is InChI=1S/C31H32ClN5O5/c1-19-34-29(20-9-11-22(32)12-10-20)36-37(19)14-13-31(2,3)33-17-26(38)24-15-23(16-25-28(24)41-18-27(39)35-25)42-30(40)21-7-5-4-6-8-21/h4-12,15-16,26,33,38H,13-14,17-18H2,1-3H3,(H,35,39)/t26-/m0/s1. The lowest BCUT2D eigenvalue weighted by Crippen LogP contribution is -2.42. The number of aliphatic hydroxyl groups excluding tert-OH is 1. The molecule has 1 aliphatic heterocycles. The number of anilines is 1. The zero-order valence-corrected chi connectivity index (χ0v) is 24.3. The molecule has 1 aromatic heterocycles. The molecule has 1 atom stereocenters. The minimum Gasteiger partial charge on any atom is -0.481 e. The average Bonchev–Trinajstić information content (AvgIpc) is 3.35. The zero-order chi connectivity index (χ0) is 29.9. The minimum atomic E-state index is -1.02. The van der Waals surface area contributed by atoms with Crippen molar-refractivity contribution in [1.29, 1.82) is 0 Å². The first-order valence-electron chi connectivity index (χ1n) is 13.6. The Hall–Kier alpha value is -4.25. The summed E-state index contributed by atoms with van der Waals surface area (Å²) in [6, 6.07) is 19.0. The van der Waals surface area contributed by atoms with Crippen molar-refractivity contribution in [3.63, 3.8) is 0 Å². The predicted molar refractivity (Wildman–Crippen MR) is 159 cm³/mol. The van der Waals surface area contributed by atoms with Crippen molar-refractivity contribution >= 4 is 29.2 Å². The van der Waals surface area contributed by atoms with Crippen molar-refractivity contribution in [3.05, 3.63) is 88.7 Å². The average molecular weight is 590 g/mol. The van der Waals surface area contributed by atoms with Crippen LogP contribution >= 0.6 is 11.6 Å². The van der Waals surface area contributed by atoms with Gasteiger partial charge in [0.25, 0.3) is 5.91 Å². The number of hydrogen-bond acceptors (Lipinski definition) is 8. The molecule has 11 heteroatoms. The Bertz CT molecular complexity index is 1590. The van der Waals surface area contributed by atoms with Crippen LogP contribution < -0.4 is 20.1 Å². The van der Waals surface area contributed by atoms with Gasteiger partial charge in [0.15, 0.2) is 12.4 Å². The molecular weight excluding hydrogens is 558 g/mol. The van der Waals surface area contributed by atoms with Crippen LogP contribution in [0.1, 0.15) is 48.1 Å². The molecule has 1 aliphatic rings. The van der Waals surface area contributed by atoms with Crippen LogP contribution in [0, 0.1) is 6.92 Å². The van der Waals surface area contributed by atoms with Gasteiger partial charge in [-0.15, -0.1) is 0 Å². The van der Waals surface area contributed by atoms with E-state index in [4.69, 9.17) is 21.1 Å². The number of halogens is 1.